The second kappa shape index (κ2) is 10.3. The molecule has 39 heavy (non-hydrogen) atoms. The molecule has 5 aromatic rings. The largest absolute Gasteiger partial charge is 0.338 e. The summed E-state index contributed by atoms with van der Waals surface area (Å²) in [6.07, 6.45) is 1.71. The number of nitrogens with one attached hydrogen (secondary N) is 2. The Hall–Kier alpha value is -5.23. The molecule has 0 atom stereocenters. The quantitative estimate of drug-likeness (QED) is 0.268. The van der Waals surface area contributed by atoms with Crippen molar-refractivity contribution in [3.8, 4) is 11.1 Å². The van der Waals surface area contributed by atoms with Gasteiger partial charge >= 0.3 is 0 Å². The first-order valence-corrected chi connectivity index (χ1v) is 12.8. The lowest BCUT2D eigenvalue weighted by Crippen LogP contribution is -2.30. The van der Waals surface area contributed by atoms with E-state index in [0.717, 1.165) is 27.9 Å². The summed E-state index contributed by atoms with van der Waals surface area (Å²) in [7, 11) is 0. The second-order valence-electron chi connectivity index (χ2n) is 9.44. The summed E-state index contributed by atoms with van der Waals surface area (Å²) in [5.74, 6) is 0.296. The number of anilines is 4. The lowest BCUT2D eigenvalue weighted by molar-refractivity contribution is 0.0983. The van der Waals surface area contributed by atoms with Crippen molar-refractivity contribution < 1.29 is 9.59 Å². The molecule has 1 aliphatic heterocycles. The van der Waals surface area contributed by atoms with Gasteiger partial charge in [-0.1, -0.05) is 66.7 Å². The number of hydrogen-bond acceptors (Lipinski definition) is 4. The van der Waals surface area contributed by atoms with E-state index in [9.17, 15) is 9.59 Å². The highest BCUT2D eigenvalue weighted by atomic mass is 16.2. The van der Waals surface area contributed by atoms with E-state index < -0.39 is 0 Å². The van der Waals surface area contributed by atoms with Crippen LogP contribution in [0.25, 0.3) is 11.1 Å². The third-order valence-electron chi connectivity index (χ3n) is 6.89. The molecule has 2 heterocycles. The van der Waals surface area contributed by atoms with Gasteiger partial charge in [0.25, 0.3) is 11.8 Å². The van der Waals surface area contributed by atoms with Gasteiger partial charge < -0.3 is 15.5 Å². The van der Waals surface area contributed by atoms with Crippen LogP contribution in [0.5, 0.6) is 0 Å². The van der Waals surface area contributed by atoms with Crippen LogP contribution in [0.3, 0.4) is 0 Å². The summed E-state index contributed by atoms with van der Waals surface area (Å²) in [5, 5.41) is 6.37. The van der Waals surface area contributed by atoms with E-state index >= 15 is 0 Å². The number of pyridine rings is 1. The Balaban J connectivity index is 1.28. The van der Waals surface area contributed by atoms with Crippen molar-refractivity contribution in [3.05, 3.63) is 138 Å². The van der Waals surface area contributed by atoms with E-state index in [4.69, 9.17) is 0 Å². The van der Waals surface area contributed by atoms with Crippen LogP contribution >= 0.6 is 0 Å². The first-order chi connectivity index (χ1) is 19.1. The minimum Gasteiger partial charge on any atom is -0.338 e. The zero-order valence-electron chi connectivity index (χ0n) is 21.4. The minimum atomic E-state index is -0.205. The van der Waals surface area contributed by atoms with Gasteiger partial charge in [0.2, 0.25) is 0 Å². The van der Waals surface area contributed by atoms with Crippen molar-refractivity contribution in [3.63, 3.8) is 0 Å². The van der Waals surface area contributed by atoms with Gasteiger partial charge in [-0.15, -0.1) is 0 Å². The van der Waals surface area contributed by atoms with E-state index in [1.807, 2.05) is 104 Å². The number of carbonyl (C=O) groups excluding carboxylic acids is 2. The zero-order chi connectivity index (χ0) is 26.8. The van der Waals surface area contributed by atoms with Gasteiger partial charge in [0.05, 0.1) is 12.2 Å². The predicted octanol–water partition coefficient (Wildman–Crippen LogP) is 7.21. The maximum atomic E-state index is 13.9. The summed E-state index contributed by atoms with van der Waals surface area (Å²) in [6.45, 7) is 2.30. The molecule has 4 aromatic carbocycles. The highest BCUT2D eigenvalue weighted by Crippen LogP contribution is 2.35. The Morgan fingerprint density at radius 2 is 1.59 bits per heavy atom. The number of aryl methyl sites for hydroxylation is 1. The van der Waals surface area contributed by atoms with E-state index in [1.54, 1.807) is 23.2 Å². The average Bonchev–Trinajstić information content (AvgIpc) is 3.14. The molecule has 0 radical (unpaired) electrons. The van der Waals surface area contributed by atoms with Gasteiger partial charge in [0.15, 0.2) is 5.82 Å². The number of amides is 2. The maximum Gasteiger partial charge on any atom is 0.258 e. The van der Waals surface area contributed by atoms with Crippen molar-refractivity contribution in [2.45, 2.75) is 13.5 Å². The van der Waals surface area contributed by atoms with Gasteiger partial charge in [-0.25, -0.2) is 4.98 Å². The molecule has 0 saturated carbocycles. The van der Waals surface area contributed by atoms with Crippen LogP contribution in [-0.2, 0) is 6.54 Å². The smallest absolute Gasteiger partial charge is 0.258 e. The first kappa shape index (κ1) is 24.1. The Kier molecular flexibility index (Phi) is 6.35. The summed E-state index contributed by atoms with van der Waals surface area (Å²) >= 11 is 0. The molecule has 1 aromatic heterocycles. The number of rotatable bonds is 4. The third-order valence-corrected chi connectivity index (χ3v) is 6.89. The average molecular weight is 511 g/mol. The summed E-state index contributed by atoms with van der Waals surface area (Å²) < 4.78 is 0. The molecule has 6 rings (SSSR count). The van der Waals surface area contributed by atoms with E-state index in [2.05, 4.69) is 15.6 Å². The highest BCUT2D eigenvalue weighted by Gasteiger charge is 2.26. The van der Waals surface area contributed by atoms with Crippen molar-refractivity contribution in [2.24, 2.45) is 0 Å². The number of benzene rings is 4. The number of hydrogen-bond donors (Lipinski definition) is 2. The maximum absolute atomic E-state index is 13.9. The second-order valence-corrected chi connectivity index (χ2v) is 9.44. The minimum absolute atomic E-state index is 0.132. The zero-order valence-corrected chi connectivity index (χ0v) is 21.4. The first-order valence-electron chi connectivity index (χ1n) is 12.8. The molecule has 0 fully saturated rings. The summed E-state index contributed by atoms with van der Waals surface area (Å²) in [6, 6.07) is 34.4. The van der Waals surface area contributed by atoms with Crippen molar-refractivity contribution in [2.75, 3.05) is 15.5 Å². The molecular weight excluding hydrogens is 484 g/mol. The molecule has 2 amide bonds. The Morgan fingerprint density at radius 1 is 0.821 bits per heavy atom. The number of carbonyl (C=O) groups is 2. The summed E-state index contributed by atoms with van der Waals surface area (Å²) in [4.78, 5) is 33.4. The fourth-order valence-corrected chi connectivity index (χ4v) is 4.93. The normalized spacial score (nSPS) is 12.0. The summed E-state index contributed by atoms with van der Waals surface area (Å²) in [5.41, 5.74) is 7.03. The van der Waals surface area contributed by atoms with Gasteiger partial charge in [-0.3, -0.25) is 9.59 Å². The molecule has 0 bridgehead atoms. The van der Waals surface area contributed by atoms with Crippen LogP contribution in [0, 0.1) is 6.92 Å². The Labute approximate surface area is 227 Å². The van der Waals surface area contributed by atoms with Crippen LogP contribution in [0.15, 0.2) is 115 Å². The number of para-hydroxylation sites is 1. The van der Waals surface area contributed by atoms with E-state index in [1.165, 1.54) is 0 Å². The monoisotopic (exact) mass is 510 g/mol. The van der Waals surface area contributed by atoms with E-state index in [0.29, 0.717) is 34.9 Å². The predicted molar refractivity (Wildman–Crippen MR) is 155 cm³/mol. The SMILES string of the molecule is Cc1cc(NC(=O)c2ccccc2-c2ccccc2)ccc1C(=O)N1Cc2ccccc2Nc2ncccc21. The Bertz CT molecular complexity index is 1700. The highest BCUT2D eigenvalue weighted by molar-refractivity contribution is 6.11. The molecule has 1 aliphatic rings. The molecule has 0 saturated heterocycles. The van der Waals surface area contributed by atoms with Crippen molar-refractivity contribution in [1.82, 2.24) is 4.98 Å². The van der Waals surface area contributed by atoms with Gasteiger partial charge in [0.1, 0.15) is 0 Å². The topological polar surface area (TPSA) is 74.3 Å². The van der Waals surface area contributed by atoms with Crippen LogP contribution in [0.2, 0.25) is 0 Å². The lowest BCUT2D eigenvalue weighted by Gasteiger charge is -2.23. The molecule has 6 nitrogen and oxygen atoms in total. The molecular formula is C33H26N4O2. The number of fused-ring (bicyclic) bond motifs is 2. The van der Waals surface area contributed by atoms with Crippen LogP contribution in [0.1, 0.15) is 31.8 Å². The molecule has 6 heteroatoms. The van der Waals surface area contributed by atoms with Crippen molar-refractivity contribution >= 4 is 34.7 Å². The fourth-order valence-electron chi connectivity index (χ4n) is 4.93. The van der Waals surface area contributed by atoms with Crippen molar-refractivity contribution in [1.29, 1.82) is 0 Å². The lowest BCUT2D eigenvalue weighted by atomic mass is 9.99. The van der Waals surface area contributed by atoms with Gasteiger partial charge in [-0.05, 0) is 71.6 Å². The molecule has 2 N–H and O–H groups in total. The van der Waals surface area contributed by atoms with E-state index in [-0.39, 0.29) is 11.8 Å². The molecule has 190 valence electrons. The van der Waals surface area contributed by atoms with Crippen LogP contribution in [-0.4, -0.2) is 16.8 Å². The van der Waals surface area contributed by atoms with Crippen LogP contribution in [0.4, 0.5) is 22.9 Å². The van der Waals surface area contributed by atoms with Gasteiger partial charge in [0, 0.05) is 28.7 Å². The molecule has 0 spiro atoms. The molecule has 0 aliphatic carbocycles. The Morgan fingerprint density at radius 3 is 2.44 bits per heavy atom. The third kappa shape index (κ3) is 4.76. The number of nitrogens with zero attached hydrogens (tertiary/aromatic N) is 2. The number of aromatic nitrogens is 1. The fraction of sp³-hybridized carbons (Fsp3) is 0.0606. The molecule has 0 unspecified atom stereocenters. The standard InChI is InChI=1S/C33H26N4O2/c1-22-20-25(35-32(38)28-14-7-6-13-27(28)23-10-3-2-4-11-23)17-18-26(22)33(39)37-21-24-12-5-8-15-29(24)36-31-30(37)16-9-19-34-31/h2-20H,21H2,1H3,(H,34,36)(H,35,38). The van der Waals surface area contributed by atoms with Crippen LogP contribution < -0.4 is 15.5 Å². The van der Waals surface area contributed by atoms with Gasteiger partial charge in [-0.2, -0.15) is 0 Å².